The Hall–Kier alpha value is -3.99. The van der Waals surface area contributed by atoms with Gasteiger partial charge in [-0.3, -0.25) is 4.90 Å². The van der Waals surface area contributed by atoms with Gasteiger partial charge in [-0.2, -0.15) is 31.6 Å². The molecular weight excluding hydrogens is 588 g/mol. The molecule has 0 spiro atoms. The van der Waals surface area contributed by atoms with Crippen molar-refractivity contribution in [3.63, 3.8) is 0 Å². The fraction of sp³-hybridized carbons (Fsp3) is 0.208. The van der Waals surface area contributed by atoms with Crippen LogP contribution in [-0.2, 0) is 31.4 Å². The zero-order valence-corrected chi connectivity index (χ0v) is 21.0. The highest BCUT2D eigenvalue weighted by molar-refractivity contribution is 9.10. The summed E-state index contributed by atoms with van der Waals surface area (Å²) in [6.45, 7) is 0. The summed E-state index contributed by atoms with van der Waals surface area (Å²) >= 11 is 2.67. The van der Waals surface area contributed by atoms with Crippen molar-refractivity contribution in [3.05, 3.63) is 86.3 Å². The molecule has 1 aliphatic heterocycles. The monoisotopic (exact) mass is 603 g/mol. The first-order chi connectivity index (χ1) is 17.7. The average molecular weight is 604 g/mol. The number of rotatable bonds is 4. The number of carbonyl (C=O) groups is 2. The first kappa shape index (κ1) is 28.6. The molecule has 0 amide bonds. The predicted octanol–water partition coefficient (Wildman–Crippen LogP) is 5.38. The molecule has 2 aromatic rings. The van der Waals surface area contributed by atoms with Crippen LogP contribution in [0.2, 0.25) is 0 Å². The molecule has 7 nitrogen and oxygen atoms in total. The number of hydrogen-bond acceptors (Lipinski definition) is 7. The van der Waals surface area contributed by atoms with Crippen LogP contribution in [0, 0.1) is 11.3 Å². The molecule has 200 valence electrons. The number of nitriles is 1. The molecule has 0 fully saturated rings. The van der Waals surface area contributed by atoms with E-state index in [1.807, 2.05) is 0 Å². The van der Waals surface area contributed by atoms with E-state index in [2.05, 4.69) is 15.9 Å². The van der Waals surface area contributed by atoms with Gasteiger partial charge < -0.3 is 15.2 Å². The number of halogens is 7. The lowest BCUT2D eigenvalue weighted by Crippen LogP contribution is -2.41. The molecule has 0 radical (unpaired) electrons. The SMILES string of the molecule is COC(=O)C1=C(C(=O)OC)N(c2cc(C(F)(F)F)cc(C(F)(F)F)c2Br)C(N)=C(C#N)C1c1ccccc1. The Bertz CT molecular complexity index is 1390. The lowest BCUT2D eigenvalue weighted by molar-refractivity contribution is -0.143. The first-order valence-corrected chi connectivity index (χ1v) is 11.1. The van der Waals surface area contributed by atoms with E-state index in [4.69, 9.17) is 15.2 Å². The molecule has 0 saturated carbocycles. The summed E-state index contributed by atoms with van der Waals surface area (Å²) in [5.41, 5.74) is 0.158. The number of nitrogens with two attached hydrogens (primary N) is 1. The molecule has 38 heavy (non-hydrogen) atoms. The van der Waals surface area contributed by atoms with Gasteiger partial charge in [0.25, 0.3) is 0 Å². The van der Waals surface area contributed by atoms with E-state index in [9.17, 15) is 41.2 Å². The van der Waals surface area contributed by atoms with Crippen molar-refractivity contribution >= 4 is 33.6 Å². The second-order valence-corrected chi connectivity index (χ2v) is 8.48. The van der Waals surface area contributed by atoms with Crippen LogP contribution in [0.1, 0.15) is 22.6 Å². The van der Waals surface area contributed by atoms with E-state index < -0.39 is 74.2 Å². The minimum Gasteiger partial charge on any atom is -0.466 e. The van der Waals surface area contributed by atoms with E-state index in [0.717, 1.165) is 14.2 Å². The summed E-state index contributed by atoms with van der Waals surface area (Å²) in [6.07, 6.45) is -10.5. The molecule has 0 aliphatic carbocycles. The van der Waals surface area contributed by atoms with Gasteiger partial charge in [-0.25, -0.2) is 9.59 Å². The highest BCUT2D eigenvalue weighted by Crippen LogP contribution is 2.49. The molecule has 2 N–H and O–H groups in total. The lowest BCUT2D eigenvalue weighted by atomic mass is 9.81. The van der Waals surface area contributed by atoms with Gasteiger partial charge in [-0.05, 0) is 33.6 Å². The highest BCUT2D eigenvalue weighted by Gasteiger charge is 2.46. The number of benzene rings is 2. The van der Waals surface area contributed by atoms with Crippen molar-refractivity contribution in [3.8, 4) is 6.07 Å². The maximum atomic E-state index is 13.8. The van der Waals surface area contributed by atoms with Crippen LogP contribution in [0.15, 0.2) is 69.6 Å². The van der Waals surface area contributed by atoms with Crippen molar-refractivity contribution in [1.29, 1.82) is 5.26 Å². The summed E-state index contributed by atoms with van der Waals surface area (Å²) in [5, 5.41) is 9.97. The number of alkyl halides is 6. The van der Waals surface area contributed by atoms with E-state index in [-0.39, 0.29) is 11.6 Å². The number of allylic oxidation sites excluding steroid dienone is 1. The van der Waals surface area contributed by atoms with Crippen molar-refractivity contribution in [2.24, 2.45) is 5.73 Å². The highest BCUT2D eigenvalue weighted by atomic mass is 79.9. The van der Waals surface area contributed by atoms with Gasteiger partial charge in [0.1, 0.15) is 11.5 Å². The summed E-state index contributed by atoms with van der Waals surface area (Å²) in [6, 6.07) is 9.57. The van der Waals surface area contributed by atoms with Gasteiger partial charge in [0.05, 0.1) is 58.6 Å². The first-order valence-electron chi connectivity index (χ1n) is 10.3. The molecule has 0 bridgehead atoms. The van der Waals surface area contributed by atoms with Crippen LogP contribution < -0.4 is 10.6 Å². The van der Waals surface area contributed by atoms with Crippen molar-refractivity contribution in [2.75, 3.05) is 19.1 Å². The standard InChI is InChI=1S/C24H16BrF6N3O4/c1-37-21(35)17-16(11-6-4-3-5-7-11)13(10-32)20(33)34(19(17)22(36)38-2)15-9-12(23(26,27)28)8-14(18(15)25)24(29,30)31/h3-9,16H,33H2,1-2H3. The van der Waals surface area contributed by atoms with Gasteiger partial charge in [0.15, 0.2) is 0 Å². The third-order valence-electron chi connectivity index (χ3n) is 5.54. The Balaban J connectivity index is 2.55. The fourth-order valence-electron chi connectivity index (χ4n) is 3.91. The topological polar surface area (TPSA) is 106 Å². The number of methoxy groups -OCH3 is 2. The second-order valence-electron chi connectivity index (χ2n) is 7.69. The lowest BCUT2D eigenvalue weighted by Gasteiger charge is -2.36. The zero-order valence-electron chi connectivity index (χ0n) is 19.4. The van der Waals surface area contributed by atoms with E-state index in [0.29, 0.717) is 11.0 Å². The van der Waals surface area contributed by atoms with Crippen LogP contribution in [-0.4, -0.2) is 26.2 Å². The summed E-state index contributed by atoms with van der Waals surface area (Å²) < 4.78 is 90.9. The molecule has 0 aromatic heterocycles. The van der Waals surface area contributed by atoms with Crippen LogP contribution in [0.5, 0.6) is 0 Å². The van der Waals surface area contributed by atoms with Gasteiger partial charge >= 0.3 is 24.3 Å². The maximum Gasteiger partial charge on any atom is 0.417 e. The smallest absolute Gasteiger partial charge is 0.417 e. The minimum absolute atomic E-state index is 0.127. The minimum atomic E-state index is -5.28. The van der Waals surface area contributed by atoms with Gasteiger partial charge in [0, 0.05) is 0 Å². The normalized spacial score (nSPS) is 16.3. The second kappa shape index (κ2) is 10.4. The Morgan fingerprint density at radius 1 is 1.00 bits per heavy atom. The Kier molecular flexibility index (Phi) is 7.83. The number of anilines is 1. The zero-order chi connectivity index (χ0) is 28.6. The molecule has 2 aromatic carbocycles. The van der Waals surface area contributed by atoms with Crippen LogP contribution in [0.3, 0.4) is 0 Å². The van der Waals surface area contributed by atoms with E-state index in [1.54, 1.807) is 24.3 Å². The molecule has 1 atom stereocenters. The van der Waals surface area contributed by atoms with Crippen molar-refractivity contribution in [2.45, 2.75) is 18.3 Å². The number of carbonyl (C=O) groups excluding carboxylic acids is 2. The molecule has 1 aliphatic rings. The third kappa shape index (κ3) is 5.06. The Morgan fingerprint density at radius 2 is 1.58 bits per heavy atom. The molecule has 1 heterocycles. The number of nitrogens with zero attached hydrogens (tertiary/aromatic N) is 2. The molecule has 3 rings (SSSR count). The molecule has 14 heteroatoms. The van der Waals surface area contributed by atoms with Crippen molar-refractivity contribution in [1.82, 2.24) is 0 Å². The maximum absolute atomic E-state index is 13.8. The molecule has 1 unspecified atom stereocenters. The number of esters is 2. The largest absolute Gasteiger partial charge is 0.466 e. The van der Waals surface area contributed by atoms with Gasteiger partial charge in [-0.1, -0.05) is 30.3 Å². The van der Waals surface area contributed by atoms with Gasteiger partial charge in [-0.15, -0.1) is 0 Å². The summed E-state index contributed by atoms with van der Waals surface area (Å²) in [5.74, 6) is -4.62. The van der Waals surface area contributed by atoms with Crippen LogP contribution in [0.25, 0.3) is 0 Å². The fourth-order valence-corrected chi connectivity index (χ4v) is 4.54. The molecular formula is C24H16BrF6N3O4. The number of ether oxygens (including phenoxy) is 2. The molecule has 0 saturated heterocycles. The summed E-state index contributed by atoms with van der Waals surface area (Å²) in [4.78, 5) is 26.5. The quantitative estimate of drug-likeness (QED) is 0.369. The number of hydrogen-bond donors (Lipinski definition) is 1. The van der Waals surface area contributed by atoms with E-state index >= 15 is 0 Å². The Morgan fingerprint density at radius 3 is 2.05 bits per heavy atom. The van der Waals surface area contributed by atoms with Gasteiger partial charge in [0.2, 0.25) is 0 Å². The van der Waals surface area contributed by atoms with Crippen LogP contribution in [0.4, 0.5) is 32.0 Å². The summed E-state index contributed by atoms with van der Waals surface area (Å²) in [7, 11) is 1.81. The Labute approximate surface area is 219 Å². The predicted molar refractivity (Wildman–Crippen MR) is 124 cm³/mol. The van der Waals surface area contributed by atoms with Crippen LogP contribution >= 0.6 is 15.9 Å². The average Bonchev–Trinajstić information content (AvgIpc) is 2.86. The third-order valence-corrected chi connectivity index (χ3v) is 6.37. The van der Waals surface area contributed by atoms with Crippen molar-refractivity contribution < 1.29 is 45.4 Å². The van der Waals surface area contributed by atoms with E-state index in [1.165, 1.54) is 12.1 Å².